The van der Waals surface area contributed by atoms with E-state index in [1.807, 2.05) is 12.1 Å². The minimum Gasteiger partial charge on any atom is -0.340 e. The van der Waals surface area contributed by atoms with Gasteiger partial charge in [-0.2, -0.15) is 0 Å². The SMILES string of the molecule is CC(C)c1ccc(Nc2ncnc3ncccc23)cc1. The summed E-state index contributed by atoms with van der Waals surface area (Å²) >= 11 is 0. The van der Waals surface area contributed by atoms with E-state index in [-0.39, 0.29) is 0 Å². The Hall–Kier alpha value is -2.49. The Morgan fingerprint density at radius 1 is 0.950 bits per heavy atom. The van der Waals surface area contributed by atoms with Gasteiger partial charge < -0.3 is 5.32 Å². The van der Waals surface area contributed by atoms with Crippen molar-refractivity contribution in [2.24, 2.45) is 0 Å². The predicted molar refractivity (Wildman–Crippen MR) is 81.1 cm³/mol. The van der Waals surface area contributed by atoms with Gasteiger partial charge in [-0.1, -0.05) is 26.0 Å². The molecule has 0 bridgehead atoms. The fraction of sp³-hybridized carbons (Fsp3) is 0.188. The molecular weight excluding hydrogens is 248 g/mol. The molecule has 0 spiro atoms. The Morgan fingerprint density at radius 3 is 2.50 bits per heavy atom. The van der Waals surface area contributed by atoms with Crippen molar-refractivity contribution in [1.29, 1.82) is 0 Å². The molecule has 0 saturated heterocycles. The molecule has 2 heterocycles. The van der Waals surface area contributed by atoms with Crippen molar-refractivity contribution in [2.75, 3.05) is 5.32 Å². The van der Waals surface area contributed by atoms with Crippen LogP contribution in [0.3, 0.4) is 0 Å². The van der Waals surface area contributed by atoms with Crippen molar-refractivity contribution >= 4 is 22.5 Å². The zero-order chi connectivity index (χ0) is 13.9. The minimum absolute atomic E-state index is 0.535. The number of rotatable bonds is 3. The fourth-order valence-corrected chi connectivity index (χ4v) is 2.08. The molecule has 0 fully saturated rings. The predicted octanol–water partition coefficient (Wildman–Crippen LogP) is 3.89. The molecule has 4 heteroatoms. The van der Waals surface area contributed by atoms with E-state index in [1.54, 1.807) is 6.20 Å². The maximum Gasteiger partial charge on any atom is 0.164 e. The maximum absolute atomic E-state index is 4.30. The molecule has 0 saturated carbocycles. The van der Waals surface area contributed by atoms with E-state index < -0.39 is 0 Å². The number of hydrogen-bond acceptors (Lipinski definition) is 4. The third-order valence-electron chi connectivity index (χ3n) is 3.25. The molecule has 0 unspecified atom stereocenters. The van der Waals surface area contributed by atoms with Crippen LogP contribution in [0, 0.1) is 0 Å². The molecule has 0 radical (unpaired) electrons. The van der Waals surface area contributed by atoms with E-state index in [0.717, 1.165) is 16.9 Å². The molecule has 4 nitrogen and oxygen atoms in total. The zero-order valence-corrected chi connectivity index (χ0v) is 11.5. The van der Waals surface area contributed by atoms with Gasteiger partial charge in [0.05, 0.1) is 5.39 Å². The van der Waals surface area contributed by atoms with Crippen LogP contribution in [-0.4, -0.2) is 15.0 Å². The average Bonchev–Trinajstić information content (AvgIpc) is 2.48. The van der Waals surface area contributed by atoms with Crippen molar-refractivity contribution in [3.8, 4) is 0 Å². The summed E-state index contributed by atoms with van der Waals surface area (Å²) in [4.78, 5) is 12.7. The molecular formula is C16H16N4. The van der Waals surface area contributed by atoms with Crippen LogP contribution in [-0.2, 0) is 0 Å². The first-order valence-corrected chi connectivity index (χ1v) is 6.67. The van der Waals surface area contributed by atoms with Crippen LogP contribution in [0.2, 0.25) is 0 Å². The quantitative estimate of drug-likeness (QED) is 0.779. The van der Waals surface area contributed by atoms with Gasteiger partial charge in [-0.05, 0) is 35.7 Å². The molecule has 1 aromatic carbocycles. The summed E-state index contributed by atoms with van der Waals surface area (Å²) < 4.78 is 0. The number of pyridine rings is 1. The van der Waals surface area contributed by atoms with Gasteiger partial charge in [-0.15, -0.1) is 0 Å². The van der Waals surface area contributed by atoms with Gasteiger partial charge in [-0.3, -0.25) is 0 Å². The number of anilines is 2. The second-order valence-electron chi connectivity index (χ2n) is 5.00. The van der Waals surface area contributed by atoms with Crippen LogP contribution in [0.25, 0.3) is 11.0 Å². The maximum atomic E-state index is 4.30. The summed E-state index contributed by atoms with van der Waals surface area (Å²) in [5.74, 6) is 1.31. The normalized spacial score (nSPS) is 10.9. The Balaban J connectivity index is 1.93. The Bertz CT molecular complexity index is 715. The lowest BCUT2D eigenvalue weighted by molar-refractivity contribution is 0.867. The van der Waals surface area contributed by atoms with Crippen LogP contribution in [0.1, 0.15) is 25.3 Å². The summed E-state index contributed by atoms with van der Waals surface area (Å²) in [7, 11) is 0. The molecule has 0 amide bonds. The number of benzene rings is 1. The molecule has 20 heavy (non-hydrogen) atoms. The smallest absolute Gasteiger partial charge is 0.164 e. The molecule has 0 aliphatic heterocycles. The van der Waals surface area contributed by atoms with Gasteiger partial charge >= 0.3 is 0 Å². The van der Waals surface area contributed by atoms with Gasteiger partial charge in [0.2, 0.25) is 0 Å². The largest absolute Gasteiger partial charge is 0.340 e. The van der Waals surface area contributed by atoms with E-state index in [2.05, 4.69) is 58.4 Å². The molecule has 0 aliphatic rings. The summed E-state index contributed by atoms with van der Waals surface area (Å²) in [6.45, 7) is 4.37. The molecule has 1 N–H and O–H groups in total. The zero-order valence-electron chi connectivity index (χ0n) is 11.5. The molecule has 100 valence electrons. The Morgan fingerprint density at radius 2 is 1.75 bits per heavy atom. The molecule has 0 atom stereocenters. The van der Waals surface area contributed by atoms with E-state index in [4.69, 9.17) is 0 Å². The van der Waals surface area contributed by atoms with E-state index in [0.29, 0.717) is 11.6 Å². The van der Waals surface area contributed by atoms with Gasteiger partial charge in [0.1, 0.15) is 12.1 Å². The first kappa shape index (κ1) is 12.5. The van der Waals surface area contributed by atoms with Crippen LogP contribution in [0.5, 0.6) is 0 Å². The Labute approximate surface area is 117 Å². The topological polar surface area (TPSA) is 50.7 Å². The van der Waals surface area contributed by atoms with E-state index >= 15 is 0 Å². The van der Waals surface area contributed by atoms with Crippen molar-refractivity contribution < 1.29 is 0 Å². The van der Waals surface area contributed by atoms with Crippen molar-refractivity contribution in [3.63, 3.8) is 0 Å². The lowest BCUT2D eigenvalue weighted by Gasteiger charge is -2.10. The lowest BCUT2D eigenvalue weighted by Crippen LogP contribution is -1.97. The summed E-state index contributed by atoms with van der Waals surface area (Å²) in [6, 6.07) is 12.3. The van der Waals surface area contributed by atoms with Crippen molar-refractivity contribution in [1.82, 2.24) is 15.0 Å². The number of nitrogens with one attached hydrogen (secondary N) is 1. The van der Waals surface area contributed by atoms with Gasteiger partial charge in [0, 0.05) is 11.9 Å². The highest BCUT2D eigenvalue weighted by molar-refractivity contribution is 5.87. The molecule has 3 rings (SSSR count). The number of nitrogens with zero attached hydrogens (tertiary/aromatic N) is 3. The first-order chi connectivity index (χ1) is 9.74. The van der Waals surface area contributed by atoms with E-state index in [1.165, 1.54) is 11.9 Å². The third kappa shape index (κ3) is 2.45. The second kappa shape index (κ2) is 5.25. The highest BCUT2D eigenvalue weighted by atomic mass is 15.0. The van der Waals surface area contributed by atoms with Crippen LogP contribution in [0.4, 0.5) is 11.5 Å². The van der Waals surface area contributed by atoms with Crippen molar-refractivity contribution in [2.45, 2.75) is 19.8 Å². The molecule has 3 aromatic rings. The van der Waals surface area contributed by atoms with E-state index in [9.17, 15) is 0 Å². The number of fused-ring (bicyclic) bond motifs is 1. The minimum atomic E-state index is 0.535. The molecule has 2 aromatic heterocycles. The second-order valence-corrected chi connectivity index (χ2v) is 5.00. The number of aromatic nitrogens is 3. The third-order valence-corrected chi connectivity index (χ3v) is 3.25. The first-order valence-electron chi connectivity index (χ1n) is 6.67. The summed E-state index contributed by atoms with van der Waals surface area (Å²) in [6.07, 6.45) is 3.26. The highest BCUT2D eigenvalue weighted by Gasteiger charge is 2.04. The van der Waals surface area contributed by atoms with Crippen LogP contribution < -0.4 is 5.32 Å². The summed E-state index contributed by atoms with van der Waals surface area (Å²) in [5.41, 5.74) is 3.03. The lowest BCUT2D eigenvalue weighted by atomic mass is 10.0. The Kier molecular flexibility index (Phi) is 3.29. The number of hydrogen-bond donors (Lipinski definition) is 1. The van der Waals surface area contributed by atoms with Gasteiger partial charge in [0.15, 0.2) is 5.65 Å². The van der Waals surface area contributed by atoms with Crippen molar-refractivity contribution in [3.05, 3.63) is 54.5 Å². The fourth-order valence-electron chi connectivity index (χ4n) is 2.08. The molecule has 0 aliphatic carbocycles. The highest BCUT2D eigenvalue weighted by Crippen LogP contribution is 2.23. The van der Waals surface area contributed by atoms with Crippen LogP contribution in [0.15, 0.2) is 48.9 Å². The van der Waals surface area contributed by atoms with Crippen LogP contribution >= 0.6 is 0 Å². The standard InChI is InChI=1S/C16H16N4/c1-11(2)12-5-7-13(8-6-12)20-16-14-4-3-9-17-15(14)18-10-19-16/h3-11H,1-2H3,(H,17,18,19,20). The monoisotopic (exact) mass is 264 g/mol. The average molecular weight is 264 g/mol. The van der Waals surface area contributed by atoms with Gasteiger partial charge in [0.25, 0.3) is 0 Å². The van der Waals surface area contributed by atoms with Gasteiger partial charge in [-0.25, -0.2) is 15.0 Å². The summed E-state index contributed by atoms with van der Waals surface area (Å²) in [5, 5.41) is 4.24.